The van der Waals surface area contributed by atoms with Crippen molar-refractivity contribution in [2.24, 2.45) is 0 Å². The lowest BCUT2D eigenvalue weighted by atomic mass is 10.3. The van der Waals surface area contributed by atoms with Gasteiger partial charge in [-0.15, -0.1) is 0 Å². The molecule has 0 unspecified atom stereocenters. The number of fused-ring (bicyclic) bond motifs is 1. The third kappa shape index (κ3) is 1.54. The van der Waals surface area contributed by atoms with Gasteiger partial charge in [-0.1, -0.05) is 18.2 Å². The molecule has 0 bridgehead atoms. The second-order valence-electron chi connectivity index (χ2n) is 4.37. The highest BCUT2D eigenvalue weighted by Crippen LogP contribution is 2.19. The molecule has 0 spiro atoms. The van der Waals surface area contributed by atoms with Crippen molar-refractivity contribution in [3.8, 4) is 5.69 Å². The normalized spacial score (nSPS) is 11.0. The van der Waals surface area contributed by atoms with Crippen LogP contribution in [0.15, 0.2) is 41.3 Å². The monoisotopic (exact) mass is 239 g/mol. The molecule has 1 aromatic carbocycles. The number of hydrogen-bond acceptors (Lipinski definition) is 2. The first-order valence-electron chi connectivity index (χ1n) is 5.81. The number of para-hydroxylation sites is 1. The van der Waals surface area contributed by atoms with E-state index in [0.29, 0.717) is 16.9 Å². The maximum absolute atomic E-state index is 12.0. The molecule has 3 rings (SSSR count). The van der Waals surface area contributed by atoms with Gasteiger partial charge in [-0.05, 0) is 31.5 Å². The van der Waals surface area contributed by atoms with Crippen molar-refractivity contribution in [2.45, 2.75) is 13.8 Å². The lowest BCUT2D eigenvalue weighted by Gasteiger charge is -2.04. The largest absolute Gasteiger partial charge is 0.310 e. The summed E-state index contributed by atoms with van der Waals surface area (Å²) in [6, 6.07) is 9.90. The highest BCUT2D eigenvalue weighted by Gasteiger charge is 2.12. The summed E-state index contributed by atoms with van der Waals surface area (Å²) in [6.07, 6.45) is 1.95. The van der Waals surface area contributed by atoms with E-state index >= 15 is 0 Å². The van der Waals surface area contributed by atoms with E-state index in [9.17, 15) is 4.79 Å². The fourth-order valence-corrected chi connectivity index (χ4v) is 2.21. The van der Waals surface area contributed by atoms with E-state index in [-0.39, 0.29) is 5.56 Å². The number of aromatic amines is 1. The van der Waals surface area contributed by atoms with Crippen LogP contribution in [-0.2, 0) is 0 Å². The Bertz CT molecular complexity index is 769. The van der Waals surface area contributed by atoms with Gasteiger partial charge in [0.25, 0.3) is 5.56 Å². The summed E-state index contributed by atoms with van der Waals surface area (Å²) in [5.41, 5.74) is 2.57. The van der Waals surface area contributed by atoms with Crippen LogP contribution in [0, 0.1) is 13.8 Å². The van der Waals surface area contributed by atoms with Crippen LogP contribution in [0.25, 0.3) is 16.7 Å². The molecular formula is C14H13N3O. The molecule has 0 aliphatic rings. The molecule has 0 atom stereocenters. The Hall–Kier alpha value is -2.36. The first kappa shape index (κ1) is 10.8. The van der Waals surface area contributed by atoms with Gasteiger partial charge in [-0.3, -0.25) is 4.79 Å². The summed E-state index contributed by atoms with van der Waals surface area (Å²) in [6.45, 7) is 3.71. The number of benzene rings is 1. The predicted octanol–water partition coefficient (Wildman–Crippen LogP) is 2.33. The van der Waals surface area contributed by atoms with Crippen LogP contribution in [0.4, 0.5) is 0 Å². The third-order valence-electron chi connectivity index (χ3n) is 3.00. The van der Waals surface area contributed by atoms with Gasteiger partial charge in [0.05, 0.1) is 5.39 Å². The molecule has 4 nitrogen and oxygen atoms in total. The van der Waals surface area contributed by atoms with Crippen molar-refractivity contribution in [3.63, 3.8) is 0 Å². The zero-order valence-electron chi connectivity index (χ0n) is 10.3. The Labute approximate surface area is 104 Å². The molecule has 1 N–H and O–H groups in total. The summed E-state index contributed by atoms with van der Waals surface area (Å²) >= 11 is 0. The van der Waals surface area contributed by atoms with E-state index in [1.807, 2.05) is 48.0 Å². The number of aryl methyl sites for hydroxylation is 2. The fraction of sp³-hybridized carbons (Fsp3) is 0.143. The SMILES string of the molecule is Cc1nc2c(c(C)cn2-c2ccccc2)c(=O)[nH]1. The molecule has 0 aliphatic heterocycles. The van der Waals surface area contributed by atoms with Crippen molar-refractivity contribution in [2.75, 3.05) is 0 Å². The maximum Gasteiger partial charge on any atom is 0.260 e. The standard InChI is InChI=1S/C14H13N3O/c1-9-8-17(11-6-4-3-5-7-11)13-12(9)14(18)16-10(2)15-13/h3-8H,1-2H3,(H,15,16,18). The number of nitrogens with zero attached hydrogens (tertiary/aromatic N) is 2. The van der Waals surface area contributed by atoms with Crippen LogP contribution in [0.1, 0.15) is 11.4 Å². The van der Waals surface area contributed by atoms with Crippen molar-refractivity contribution in [1.29, 1.82) is 0 Å². The molecule has 2 aromatic heterocycles. The van der Waals surface area contributed by atoms with E-state index < -0.39 is 0 Å². The van der Waals surface area contributed by atoms with Crippen molar-refractivity contribution < 1.29 is 0 Å². The Balaban J connectivity index is 2.42. The van der Waals surface area contributed by atoms with Crippen LogP contribution < -0.4 is 5.56 Å². The van der Waals surface area contributed by atoms with Gasteiger partial charge in [0.15, 0.2) is 5.65 Å². The molecule has 0 amide bonds. The van der Waals surface area contributed by atoms with Gasteiger partial charge < -0.3 is 9.55 Å². The number of aromatic nitrogens is 3. The van der Waals surface area contributed by atoms with Crippen LogP contribution in [0.3, 0.4) is 0 Å². The van der Waals surface area contributed by atoms with Crippen LogP contribution in [-0.4, -0.2) is 14.5 Å². The lowest BCUT2D eigenvalue weighted by molar-refractivity contribution is 1.01. The van der Waals surface area contributed by atoms with E-state index in [2.05, 4.69) is 9.97 Å². The summed E-state index contributed by atoms with van der Waals surface area (Å²) in [4.78, 5) is 19.1. The van der Waals surface area contributed by atoms with Gasteiger partial charge in [0.1, 0.15) is 5.82 Å². The second-order valence-corrected chi connectivity index (χ2v) is 4.37. The van der Waals surface area contributed by atoms with Gasteiger partial charge >= 0.3 is 0 Å². The Kier molecular flexibility index (Phi) is 2.30. The second kappa shape index (κ2) is 3.84. The Morgan fingerprint density at radius 1 is 1.17 bits per heavy atom. The topological polar surface area (TPSA) is 50.7 Å². The molecule has 4 heteroatoms. The molecule has 2 heterocycles. The minimum absolute atomic E-state index is 0.0790. The maximum atomic E-state index is 12.0. The van der Waals surface area contributed by atoms with Crippen LogP contribution >= 0.6 is 0 Å². The molecular weight excluding hydrogens is 226 g/mol. The molecule has 0 aliphatic carbocycles. The molecule has 3 aromatic rings. The van der Waals surface area contributed by atoms with E-state index in [4.69, 9.17) is 0 Å². The third-order valence-corrected chi connectivity index (χ3v) is 3.00. The first-order valence-corrected chi connectivity index (χ1v) is 5.81. The summed E-state index contributed by atoms with van der Waals surface area (Å²) in [5, 5.41) is 0.657. The van der Waals surface area contributed by atoms with Gasteiger partial charge in [-0.2, -0.15) is 0 Å². The smallest absolute Gasteiger partial charge is 0.260 e. The summed E-state index contributed by atoms with van der Waals surface area (Å²) in [7, 11) is 0. The van der Waals surface area contributed by atoms with Gasteiger partial charge in [0, 0.05) is 11.9 Å². The molecule has 18 heavy (non-hydrogen) atoms. The minimum atomic E-state index is -0.0790. The summed E-state index contributed by atoms with van der Waals surface area (Å²) in [5.74, 6) is 0.628. The van der Waals surface area contributed by atoms with Crippen LogP contribution in [0.2, 0.25) is 0 Å². The molecule has 90 valence electrons. The first-order chi connectivity index (χ1) is 8.66. The zero-order valence-corrected chi connectivity index (χ0v) is 10.3. The van der Waals surface area contributed by atoms with E-state index in [1.54, 1.807) is 6.92 Å². The molecule has 0 saturated carbocycles. The predicted molar refractivity (Wildman–Crippen MR) is 71.2 cm³/mol. The van der Waals surface area contributed by atoms with Gasteiger partial charge in [-0.25, -0.2) is 4.98 Å². The van der Waals surface area contributed by atoms with Crippen LogP contribution in [0.5, 0.6) is 0 Å². The van der Waals surface area contributed by atoms with Gasteiger partial charge in [0.2, 0.25) is 0 Å². The quantitative estimate of drug-likeness (QED) is 0.708. The fourth-order valence-electron chi connectivity index (χ4n) is 2.21. The van der Waals surface area contributed by atoms with Crippen molar-refractivity contribution >= 4 is 11.0 Å². The average Bonchev–Trinajstić information content (AvgIpc) is 2.67. The minimum Gasteiger partial charge on any atom is -0.310 e. The Morgan fingerprint density at radius 2 is 1.89 bits per heavy atom. The number of hydrogen-bond donors (Lipinski definition) is 1. The average molecular weight is 239 g/mol. The number of H-pyrrole nitrogens is 1. The van der Waals surface area contributed by atoms with E-state index in [0.717, 1.165) is 11.3 Å². The molecule has 0 fully saturated rings. The number of nitrogens with one attached hydrogen (secondary N) is 1. The zero-order chi connectivity index (χ0) is 12.7. The Morgan fingerprint density at radius 3 is 2.61 bits per heavy atom. The molecule has 0 saturated heterocycles. The summed E-state index contributed by atoms with van der Waals surface area (Å²) < 4.78 is 1.95. The highest BCUT2D eigenvalue weighted by molar-refractivity contribution is 5.81. The lowest BCUT2D eigenvalue weighted by Crippen LogP contribution is -2.10. The van der Waals surface area contributed by atoms with E-state index in [1.165, 1.54) is 0 Å². The van der Waals surface area contributed by atoms with Crippen molar-refractivity contribution in [1.82, 2.24) is 14.5 Å². The molecule has 0 radical (unpaired) electrons. The highest BCUT2D eigenvalue weighted by atomic mass is 16.1. The van der Waals surface area contributed by atoms with Crippen molar-refractivity contribution in [3.05, 3.63) is 58.3 Å². The number of rotatable bonds is 1.